The van der Waals surface area contributed by atoms with E-state index in [-0.39, 0.29) is 6.04 Å². The molecule has 2 rings (SSSR count). The summed E-state index contributed by atoms with van der Waals surface area (Å²) in [7, 11) is 0. The fraction of sp³-hybridized carbons (Fsp3) is 0.357. The van der Waals surface area contributed by atoms with E-state index in [1.165, 1.54) is 10.9 Å². The van der Waals surface area contributed by atoms with Gasteiger partial charge in [-0.1, -0.05) is 38.1 Å². The van der Waals surface area contributed by atoms with Gasteiger partial charge in [0.2, 0.25) is 0 Å². The molecule has 2 N–H and O–H groups in total. The number of aromatic nitrogens is 1. The van der Waals surface area contributed by atoms with Gasteiger partial charge in [0.15, 0.2) is 0 Å². The zero-order chi connectivity index (χ0) is 11.5. The number of hydrogen-bond donors (Lipinski definition) is 1. The SMILES string of the molecule is CC(C)C(N)Cc1cccc2cccnc12. The molecule has 0 fully saturated rings. The predicted molar refractivity (Wildman–Crippen MR) is 68.3 cm³/mol. The largest absolute Gasteiger partial charge is 0.327 e. The molecule has 1 atom stereocenters. The van der Waals surface area contributed by atoms with E-state index in [0.717, 1.165) is 11.9 Å². The molecule has 0 saturated carbocycles. The highest BCUT2D eigenvalue weighted by atomic mass is 14.7. The van der Waals surface area contributed by atoms with Crippen molar-refractivity contribution in [2.45, 2.75) is 26.3 Å². The molecule has 0 aliphatic rings. The third kappa shape index (κ3) is 2.22. The number of para-hydroxylation sites is 1. The van der Waals surface area contributed by atoms with Gasteiger partial charge in [-0.05, 0) is 24.0 Å². The van der Waals surface area contributed by atoms with Crippen molar-refractivity contribution >= 4 is 10.9 Å². The first-order valence-corrected chi connectivity index (χ1v) is 5.76. The lowest BCUT2D eigenvalue weighted by molar-refractivity contribution is 0.491. The van der Waals surface area contributed by atoms with E-state index < -0.39 is 0 Å². The lowest BCUT2D eigenvalue weighted by Crippen LogP contribution is -2.28. The van der Waals surface area contributed by atoms with Crippen LogP contribution in [0.2, 0.25) is 0 Å². The Hall–Kier alpha value is -1.41. The molecular formula is C14H18N2. The summed E-state index contributed by atoms with van der Waals surface area (Å²) in [5.41, 5.74) is 8.45. The van der Waals surface area contributed by atoms with Crippen LogP contribution in [-0.2, 0) is 6.42 Å². The van der Waals surface area contributed by atoms with Crippen molar-refractivity contribution in [2.24, 2.45) is 11.7 Å². The monoisotopic (exact) mass is 214 g/mol. The van der Waals surface area contributed by atoms with Crippen molar-refractivity contribution in [1.29, 1.82) is 0 Å². The number of hydrogen-bond acceptors (Lipinski definition) is 2. The Kier molecular flexibility index (Phi) is 3.20. The minimum absolute atomic E-state index is 0.201. The van der Waals surface area contributed by atoms with Gasteiger partial charge < -0.3 is 5.73 Å². The molecule has 16 heavy (non-hydrogen) atoms. The van der Waals surface area contributed by atoms with E-state index >= 15 is 0 Å². The maximum absolute atomic E-state index is 6.11. The van der Waals surface area contributed by atoms with Crippen LogP contribution < -0.4 is 5.73 Å². The van der Waals surface area contributed by atoms with Crippen LogP contribution in [0.3, 0.4) is 0 Å². The van der Waals surface area contributed by atoms with Gasteiger partial charge in [0.1, 0.15) is 0 Å². The predicted octanol–water partition coefficient (Wildman–Crippen LogP) is 2.76. The third-order valence-corrected chi connectivity index (χ3v) is 3.03. The average Bonchev–Trinajstić information content (AvgIpc) is 2.29. The molecule has 2 aromatic rings. The van der Waals surface area contributed by atoms with E-state index in [4.69, 9.17) is 5.73 Å². The minimum atomic E-state index is 0.201. The summed E-state index contributed by atoms with van der Waals surface area (Å²) in [6, 6.07) is 10.5. The average molecular weight is 214 g/mol. The van der Waals surface area contributed by atoms with Crippen LogP contribution >= 0.6 is 0 Å². The quantitative estimate of drug-likeness (QED) is 0.853. The van der Waals surface area contributed by atoms with Gasteiger partial charge in [-0.3, -0.25) is 4.98 Å². The van der Waals surface area contributed by atoms with Crippen LogP contribution in [0, 0.1) is 5.92 Å². The van der Waals surface area contributed by atoms with Crippen LogP contribution in [0.15, 0.2) is 36.5 Å². The van der Waals surface area contributed by atoms with Crippen LogP contribution in [0.4, 0.5) is 0 Å². The van der Waals surface area contributed by atoms with Crippen molar-refractivity contribution in [1.82, 2.24) is 4.98 Å². The van der Waals surface area contributed by atoms with Crippen molar-refractivity contribution < 1.29 is 0 Å². The Labute approximate surface area is 96.5 Å². The minimum Gasteiger partial charge on any atom is -0.327 e. The molecule has 0 aliphatic heterocycles. The molecule has 1 aromatic heterocycles. The maximum Gasteiger partial charge on any atom is 0.0734 e. The van der Waals surface area contributed by atoms with Gasteiger partial charge >= 0.3 is 0 Å². The molecule has 84 valence electrons. The van der Waals surface area contributed by atoms with Crippen molar-refractivity contribution in [2.75, 3.05) is 0 Å². The van der Waals surface area contributed by atoms with Crippen LogP contribution in [-0.4, -0.2) is 11.0 Å². The van der Waals surface area contributed by atoms with E-state index in [2.05, 4.69) is 43.1 Å². The fourth-order valence-electron chi connectivity index (χ4n) is 1.82. The number of benzene rings is 1. The molecule has 0 saturated heterocycles. The Balaban J connectivity index is 2.37. The van der Waals surface area contributed by atoms with E-state index in [9.17, 15) is 0 Å². The Morgan fingerprint density at radius 2 is 1.94 bits per heavy atom. The Morgan fingerprint density at radius 3 is 2.69 bits per heavy atom. The molecule has 1 heterocycles. The highest BCUT2D eigenvalue weighted by molar-refractivity contribution is 5.81. The molecule has 0 bridgehead atoms. The topological polar surface area (TPSA) is 38.9 Å². The second-order valence-corrected chi connectivity index (χ2v) is 4.60. The van der Waals surface area contributed by atoms with E-state index in [1.807, 2.05) is 12.3 Å². The van der Waals surface area contributed by atoms with E-state index in [1.54, 1.807) is 0 Å². The lowest BCUT2D eigenvalue weighted by atomic mass is 9.96. The summed E-state index contributed by atoms with van der Waals surface area (Å²) < 4.78 is 0. The molecule has 2 nitrogen and oxygen atoms in total. The Morgan fingerprint density at radius 1 is 1.19 bits per heavy atom. The smallest absolute Gasteiger partial charge is 0.0734 e. The molecule has 0 amide bonds. The molecule has 2 heteroatoms. The number of fused-ring (bicyclic) bond motifs is 1. The van der Waals surface area contributed by atoms with Crippen molar-refractivity contribution in [3.05, 3.63) is 42.1 Å². The van der Waals surface area contributed by atoms with Crippen molar-refractivity contribution in [3.8, 4) is 0 Å². The number of nitrogens with zero attached hydrogens (tertiary/aromatic N) is 1. The summed E-state index contributed by atoms with van der Waals surface area (Å²) in [6.45, 7) is 4.31. The zero-order valence-electron chi connectivity index (χ0n) is 9.85. The second kappa shape index (κ2) is 4.62. The van der Waals surface area contributed by atoms with Crippen LogP contribution in [0.5, 0.6) is 0 Å². The first kappa shape index (κ1) is 11.1. The maximum atomic E-state index is 6.11. The van der Waals surface area contributed by atoms with Gasteiger partial charge in [0, 0.05) is 17.6 Å². The molecule has 0 aliphatic carbocycles. The number of nitrogens with two attached hydrogens (primary N) is 1. The molecule has 1 aromatic carbocycles. The zero-order valence-corrected chi connectivity index (χ0v) is 9.85. The summed E-state index contributed by atoms with van der Waals surface area (Å²) in [6.07, 6.45) is 2.73. The van der Waals surface area contributed by atoms with Crippen molar-refractivity contribution in [3.63, 3.8) is 0 Å². The molecule has 0 spiro atoms. The van der Waals surface area contributed by atoms with Gasteiger partial charge in [0.25, 0.3) is 0 Å². The third-order valence-electron chi connectivity index (χ3n) is 3.03. The van der Waals surface area contributed by atoms with Crippen LogP contribution in [0.1, 0.15) is 19.4 Å². The van der Waals surface area contributed by atoms with Gasteiger partial charge in [-0.25, -0.2) is 0 Å². The summed E-state index contributed by atoms with van der Waals surface area (Å²) in [4.78, 5) is 4.44. The number of rotatable bonds is 3. The first-order valence-electron chi connectivity index (χ1n) is 5.76. The second-order valence-electron chi connectivity index (χ2n) is 4.60. The standard InChI is InChI=1S/C14H18N2/c1-10(2)13(15)9-12-6-3-5-11-7-4-8-16-14(11)12/h3-8,10,13H,9,15H2,1-2H3. The highest BCUT2D eigenvalue weighted by Gasteiger charge is 2.10. The molecule has 1 unspecified atom stereocenters. The van der Waals surface area contributed by atoms with Crippen LogP contribution in [0.25, 0.3) is 10.9 Å². The summed E-state index contributed by atoms with van der Waals surface area (Å²) >= 11 is 0. The normalized spacial score (nSPS) is 13.2. The van der Waals surface area contributed by atoms with E-state index in [0.29, 0.717) is 5.92 Å². The van der Waals surface area contributed by atoms with Gasteiger partial charge in [0.05, 0.1) is 5.52 Å². The lowest BCUT2D eigenvalue weighted by Gasteiger charge is -2.16. The fourth-order valence-corrected chi connectivity index (χ4v) is 1.82. The summed E-state index contributed by atoms with van der Waals surface area (Å²) in [5, 5.41) is 1.19. The molecular weight excluding hydrogens is 196 g/mol. The summed E-state index contributed by atoms with van der Waals surface area (Å²) in [5.74, 6) is 0.499. The Bertz CT molecular complexity index is 472. The van der Waals surface area contributed by atoms with Gasteiger partial charge in [-0.15, -0.1) is 0 Å². The van der Waals surface area contributed by atoms with Gasteiger partial charge in [-0.2, -0.15) is 0 Å². The number of pyridine rings is 1. The molecule has 0 radical (unpaired) electrons. The highest BCUT2D eigenvalue weighted by Crippen LogP contribution is 2.18. The first-order chi connectivity index (χ1) is 7.68.